The van der Waals surface area contributed by atoms with E-state index >= 15 is 0 Å². The summed E-state index contributed by atoms with van der Waals surface area (Å²) < 4.78 is 62.8. The number of aromatic hydroxyl groups is 2. The van der Waals surface area contributed by atoms with Crippen LogP contribution < -0.4 is 0 Å². The predicted octanol–water partition coefficient (Wildman–Crippen LogP) is 2.30. The molecular formula is C9H11F3O5S2. The highest BCUT2D eigenvalue weighted by Crippen LogP contribution is 2.56. The predicted molar refractivity (Wildman–Crippen MR) is 63.5 cm³/mol. The fraction of sp³-hybridized carbons (Fsp3) is 0.333. The number of benzene rings is 1. The summed E-state index contributed by atoms with van der Waals surface area (Å²) in [4.78, 5) is -0.127. The molecule has 0 aliphatic heterocycles. The van der Waals surface area contributed by atoms with Crippen LogP contribution in [0.5, 0.6) is 11.5 Å². The molecule has 0 heterocycles. The van der Waals surface area contributed by atoms with Crippen molar-refractivity contribution in [2.75, 3.05) is 12.5 Å². The first-order valence-corrected chi connectivity index (χ1v) is 8.43. The van der Waals surface area contributed by atoms with Gasteiger partial charge in [-0.25, -0.2) is 3.63 Å². The lowest BCUT2D eigenvalue weighted by Gasteiger charge is -2.30. The first-order valence-electron chi connectivity index (χ1n) is 4.64. The molecule has 0 saturated carbocycles. The molecule has 1 aromatic rings. The highest BCUT2D eigenvalue weighted by atomic mass is 32.3. The Balaban J connectivity index is 3.19. The van der Waals surface area contributed by atoms with Gasteiger partial charge >= 0.3 is 15.6 Å². The molecule has 0 spiro atoms. The summed E-state index contributed by atoms with van der Waals surface area (Å²) in [6.45, 7) is 0. The lowest BCUT2D eigenvalue weighted by atomic mass is 10.3. The summed E-state index contributed by atoms with van der Waals surface area (Å²) >= 11 is 0. The van der Waals surface area contributed by atoms with Crippen molar-refractivity contribution in [3.8, 4) is 11.5 Å². The molecule has 0 unspecified atom stereocenters. The van der Waals surface area contributed by atoms with E-state index in [-0.39, 0.29) is 10.6 Å². The van der Waals surface area contributed by atoms with Gasteiger partial charge in [0, 0.05) is 6.07 Å². The van der Waals surface area contributed by atoms with Crippen molar-refractivity contribution >= 4 is 20.4 Å². The van der Waals surface area contributed by atoms with Crippen LogP contribution in [-0.4, -0.2) is 36.7 Å². The Labute approximate surface area is 109 Å². The third kappa shape index (κ3) is 3.45. The lowest BCUT2D eigenvalue weighted by molar-refractivity contribution is -0.0496. The van der Waals surface area contributed by atoms with E-state index in [9.17, 15) is 26.7 Å². The third-order valence-corrected chi connectivity index (χ3v) is 6.06. The number of rotatable bonds is 3. The van der Waals surface area contributed by atoms with Crippen LogP contribution >= 0.6 is 10.3 Å². The van der Waals surface area contributed by atoms with Gasteiger partial charge in [-0.1, -0.05) is 10.3 Å². The average molecular weight is 320 g/mol. The van der Waals surface area contributed by atoms with E-state index in [4.69, 9.17) is 5.11 Å². The Morgan fingerprint density at radius 3 is 2.11 bits per heavy atom. The van der Waals surface area contributed by atoms with E-state index in [0.29, 0.717) is 0 Å². The number of hydrogen-bond donors (Lipinski definition) is 2. The standard InChI is InChI=1S/C9H11F3O5S2/c1-18(2,17-19(15,16)9(10,11)12)8-4-3-6(13)5-7(8)14/h3-5,13-14H,1-2H3. The fourth-order valence-corrected chi connectivity index (χ4v) is 4.57. The summed E-state index contributed by atoms with van der Waals surface area (Å²) in [5.74, 6) is -0.854. The second kappa shape index (κ2) is 4.76. The van der Waals surface area contributed by atoms with Crippen LogP contribution in [0.25, 0.3) is 0 Å². The second-order valence-electron chi connectivity index (χ2n) is 3.85. The lowest BCUT2D eigenvalue weighted by Crippen LogP contribution is -2.26. The molecule has 0 aromatic heterocycles. The number of alkyl halides is 3. The topological polar surface area (TPSA) is 83.8 Å². The number of phenolic OH excluding ortho intramolecular Hbond substituents is 2. The Morgan fingerprint density at radius 1 is 1.16 bits per heavy atom. The molecular weight excluding hydrogens is 309 g/mol. The molecule has 0 atom stereocenters. The molecule has 0 aliphatic carbocycles. The fourth-order valence-electron chi connectivity index (χ4n) is 1.22. The van der Waals surface area contributed by atoms with E-state index in [2.05, 4.69) is 3.63 Å². The largest absolute Gasteiger partial charge is 0.523 e. The van der Waals surface area contributed by atoms with Crippen LogP contribution in [0.4, 0.5) is 13.2 Å². The molecule has 5 nitrogen and oxygen atoms in total. The van der Waals surface area contributed by atoms with Crippen LogP contribution in [0.2, 0.25) is 0 Å². The van der Waals surface area contributed by atoms with Crippen LogP contribution in [-0.2, 0) is 13.7 Å². The molecule has 1 rings (SSSR count). The molecule has 1 aromatic carbocycles. The number of phenols is 2. The number of halogens is 3. The molecule has 110 valence electrons. The van der Waals surface area contributed by atoms with Crippen molar-refractivity contribution in [1.29, 1.82) is 0 Å². The van der Waals surface area contributed by atoms with Crippen molar-refractivity contribution in [3.05, 3.63) is 18.2 Å². The van der Waals surface area contributed by atoms with Crippen LogP contribution in [0.3, 0.4) is 0 Å². The zero-order valence-corrected chi connectivity index (χ0v) is 11.4. The average Bonchev–Trinajstić information content (AvgIpc) is 2.12. The third-order valence-electron chi connectivity index (χ3n) is 2.02. The smallest absolute Gasteiger partial charge is 0.508 e. The van der Waals surface area contributed by atoms with E-state index in [1.807, 2.05) is 0 Å². The van der Waals surface area contributed by atoms with Gasteiger partial charge in [-0.3, -0.25) is 0 Å². The first-order chi connectivity index (χ1) is 8.37. The minimum Gasteiger partial charge on any atom is -0.508 e. The molecule has 0 bridgehead atoms. The zero-order chi connectivity index (χ0) is 15.1. The van der Waals surface area contributed by atoms with E-state index in [1.54, 1.807) is 0 Å². The normalized spacial score (nSPS) is 14.4. The maximum Gasteiger partial charge on any atom is 0.523 e. The van der Waals surface area contributed by atoms with Gasteiger partial charge in [-0.05, 0) is 24.6 Å². The molecule has 2 N–H and O–H groups in total. The van der Waals surface area contributed by atoms with Gasteiger partial charge in [0.05, 0.1) is 4.90 Å². The second-order valence-corrected chi connectivity index (χ2v) is 8.67. The van der Waals surface area contributed by atoms with Gasteiger partial charge in [0.1, 0.15) is 11.5 Å². The van der Waals surface area contributed by atoms with Crippen LogP contribution in [0.1, 0.15) is 0 Å². The Kier molecular flexibility index (Phi) is 3.99. The van der Waals surface area contributed by atoms with E-state index < -0.39 is 31.7 Å². The summed E-state index contributed by atoms with van der Waals surface area (Å²) in [5.41, 5.74) is -5.54. The van der Waals surface area contributed by atoms with Gasteiger partial charge in [-0.15, -0.1) is 0 Å². The Hall–Kier alpha value is -1.13. The molecule has 0 aliphatic rings. The minimum absolute atomic E-state index is 0.127. The Bertz CT molecular complexity index is 580. The van der Waals surface area contributed by atoms with Crippen molar-refractivity contribution in [3.63, 3.8) is 0 Å². The monoisotopic (exact) mass is 320 g/mol. The quantitative estimate of drug-likeness (QED) is 0.835. The molecule has 19 heavy (non-hydrogen) atoms. The minimum atomic E-state index is -5.77. The van der Waals surface area contributed by atoms with Gasteiger partial charge in [-0.2, -0.15) is 21.6 Å². The van der Waals surface area contributed by atoms with Crippen LogP contribution in [0, 0.1) is 0 Å². The Morgan fingerprint density at radius 2 is 1.68 bits per heavy atom. The summed E-state index contributed by atoms with van der Waals surface area (Å²) in [6, 6.07) is 3.09. The van der Waals surface area contributed by atoms with Crippen molar-refractivity contribution in [1.82, 2.24) is 0 Å². The van der Waals surface area contributed by atoms with Crippen molar-refractivity contribution < 1.29 is 35.4 Å². The van der Waals surface area contributed by atoms with Gasteiger partial charge in [0.25, 0.3) is 0 Å². The van der Waals surface area contributed by atoms with Gasteiger partial charge in [0.2, 0.25) is 0 Å². The first kappa shape index (κ1) is 15.9. The highest BCUT2D eigenvalue weighted by molar-refractivity contribution is 8.32. The molecule has 0 saturated heterocycles. The number of hydrogen-bond acceptors (Lipinski definition) is 5. The summed E-state index contributed by atoms with van der Waals surface area (Å²) in [5, 5.41) is 18.6. The molecule has 0 radical (unpaired) electrons. The van der Waals surface area contributed by atoms with Crippen LogP contribution in [0.15, 0.2) is 23.1 Å². The van der Waals surface area contributed by atoms with E-state index in [0.717, 1.165) is 30.7 Å². The molecule has 10 heteroatoms. The van der Waals surface area contributed by atoms with Crippen molar-refractivity contribution in [2.45, 2.75) is 10.4 Å². The highest BCUT2D eigenvalue weighted by Gasteiger charge is 2.50. The van der Waals surface area contributed by atoms with Gasteiger partial charge < -0.3 is 10.2 Å². The molecule has 0 fully saturated rings. The maximum absolute atomic E-state index is 12.2. The summed E-state index contributed by atoms with van der Waals surface area (Å²) in [7, 11) is -8.68. The maximum atomic E-state index is 12.2. The van der Waals surface area contributed by atoms with Crippen molar-refractivity contribution in [2.24, 2.45) is 0 Å². The molecule has 0 amide bonds. The summed E-state index contributed by atoms with van der Waals surface area (Å²) in [6.07, 6.45) is 2.25. The van der Waals surface area contributed by atoms with Gasteiger partial charge in [0.15, 0.2) is 0 Å². The zero-order valence-electron chi connectivity index (χ0n) is 9.80. The SMILES string of the molecule is CS(C)(OS(=O)(=O)C(F)(F)F)c1ccc(O)cc1O. The van der Waals surface area contributed by atoms with E-state index in [1.165, 1.54) is 0 Å².